The van der Waals surface area contributed by atoms with Crippen LogP contribution in [0.25, 0.3) is 11.2 Å². The van der Waals surface area contributed by atoms with E-state index in [2.05, 4.69) is 15.0 Å². The summed E-state index contributed by atoms with van der Waals surface area (Å²) in [5.41, 5.74) is 2.51. The Bertz CT molecular complexity index is 1210. The topological polar surface area (TPSA) is 123 Å². The minimum Gasteiger partial charge on any atom is -0.458 e. The highest BCUT2D eigenvalue weighted by atomic mass is 16.6. The highest BCUT2D eigenvalue weighted by molar-refractivity contribution is 5.89. The number of aromatic nitrogens is 4. The van der Waals surface area contributed by atoms with Gasteiger partial charge >= 0.3 is 17.9 Å². The van der Waals surface area contributed by atoms with Gasteiger partial charge in [-0.25, -0.2) is 19.7 Å². The third-order valence-electron chi connectivity index (χ3n) is 6.13. The molecule has 0 bridgehead atoms. The zero-order chi connectivity index (χ0) is 24.9. The van der Waals surface area contributed by atoms with Crippen molar-refractivity contribution in [2.24, 2.45) is 5.92 Å². The molecule has 1 aliphatic carbocycles. The summed E-state index contributed by atoms with van der Waals surface area (Å²) in [5.74, 6) is -1.81. The lowest BCUT2D eigenvalue weighted by Crippen LogP contribution is -2.51. The van der Waals surface area contributed by atoms with E-state index in [4.69, 9.17) is 14.2 Å². The summed E-state index contributed by atoms with van der Waals surface area (Å²) >= 11 is 0. The summed E-state index contributed by atoms with van der Waals surface area (Å²) in [7, 11) is 0. The monoisotopic (exact) mass is 480 g/mol. The lowest BCUT2D eigenvalue weighted by molar-refractivity contribution is -0.182. The Morgan fingerprint density at radius 3 is 2.40 bits per heavy atom. The average molecular weight is 481 g/mol. The molecule has 35 heavy (non-hydrogen) atoms. The average Bonchev–Trinajstić information content (AvgIpc) is 3.23. The minimum atomic E-state index is -0.836. The van der Waals surface area contributed by atoms with Gasteiger partial charge in [0.25, 0.3) is 0 Å². The first-order valence-corrected chi connectivity index (χ1v) is 11.6. The van der Waals surface area contributed by atoms with E-state index in [0.29, 0.717) is 36.0 Å². The van der Waals surface area contributed by atoms with Crippen LogP contribution < -0.4 is 0 Å². The summed E-state index contributed by atoms with van der Waals surface area (Å²) in [6.07, 6.45) is 2.90. The summed E-state index contributed by atoms with van der Waals surface area (Å²) in [4.78, 5) is 49.7. The van der Waals surface area contributed by atoms with Gasteiger partial charge in [0.2, 0.25) is 0 Å². The van der Waals surface area contributed by atoms with Crippen molar-refractivity contribution >= 4 is 29.1 Å². The van der Waals surface area contributed by atoms with Crippen LogP contribution in [0.5, 0.6) is 0 Å². The minimum absolute atomic E-state index is 0.157. The molecule has 10 heteroatoms. The van der Waals surface area contributed by atoms with Crippen molar-refractivity contribution in [2.75, 3.05) is 0 Å². The molecule has 2 heterocycles. The summed E-state index contributed by atoms with van der Waals surface area (Å²) in [6, 6.07) is 8.69. The van der Waals surface area contributed by atoms with E-state index in [-0.39, 0.29) is 12.5 Å². The maximum Gasteiger partial charge on any atom is 0.338 e. The number of imidazole rings is 1. The zero-order valence-electron chi connectivity index (χ0n) is 19.9. The molecule has 1 aliphatic rings. The molecule has 0 spiro atoms. The number of fused-ring (bicyclic) bond motifs is 1. The lowest BCUT2D eigenvalue weighted by Gasteiger charge is -2.42. The lowest BCUT2D eigenvalue weighted by atomic mass is 9.76. The van der Waals surface area contributed by atoms with Gasteiger partial charge in [-0.3, -0.25) is 9.59 Å². The summed E-state index contributed by atoms with van der Waals surface area (Å²) in [6.45, 7) is 4.74. The third-order valence-corrected chi connectivity index (χ3v) is 6.13. The number of rotatable bonds is 9. The van der Waals surface area contributed by atoms with Gasteiger partial charge in [0.15, 0.2) is 11.8 Å². The van der Waals surface area contributed by atoms with E-state index in [9.17, 15) is 14.4 Å². The van der Waals surface area contributed by atoms with Crippen LogP contribution in [0.2, 0.25) is 0 Å². The molecule has 4 unspecified atom stereocenters. The van der Waals surface area contributed by atoms with Crippen LogP contribution in [0.4, 0.5) is 0 Å². The van der Waals surface area contributed by atoms with Gasteiger partial charge in [0.1, 0.15) is 24.1 Å². The van der Waals surface area contributed by atoms with Crippen LogP contribution >= 0.6 is 0 Å². The Hall–Kier alpha value is -3.82. The van der Waals surface area contributed by atoms with E-state index in [1.807, 2.05) is 13.0 Å². The molecule has 0 N–H and O–H groups in total. The van der Waals surface area contributed by atoms with E-state index >= 15 is 0 Å². The molecule has 10 nitrogen and oxygen atoms in total. The first-order valence-electron chi connectivity index (χ1n) is 11.6. The molecule has 1 fully saturated rings. The van der Waals surface area contributed by atoms with Crippen molar-refractivity contribution in [3.05, 3.63) is 54.2 Å². The number of aryl methyl sites for hydroxylation is 1. The number of esters is 3. The number of carbonyl (C=O) groups is 3. The molecule has 0 amide bonds. The number of ether oxygens (including phenoxy) is 3. The molecule has 3 aromatic rings. The fourth-order valence-electron chi connectivity index (χ4n) is 4.36. The molecule has 4 atom stereocenters. The van der Waals surface area contributed by atoms with Crippen molar-refractivity contribution in [3.63, 3.8) is 0 Å². The van der Waals surface area contributed by atoms with E-state index in [1.54, 1.807) is 35.2 Å². The van der Waals surface area contributed by atoms with Crippen molar-refractivity contribution in [1.29, 1.82) is 0 Å². The molecule has 2 aromatic heterocycles. The smallest absolute Gasteiger partial charge is 0.338 e. The van der Waals surface area contributed by atoms with Crippen LogP contribution in [0.3, 0.4) is 0 Å². The Morgan fingerprint density at radius 1 is 1.03 bits per heavy atom. The fraction of sp³-hybridized carbons (Fsp3) is 0.440. The SMILES string of the molecule is CCc1ncnc2c1ncn2CC(OC(C)=O)C(OC(C)=O)C1CCC1OC(=O)c1ccccc1. The van der Waals surface area contributed by atoms with Gasteiger partial charge in [-0.1, -0.05) is 25.1 Å². The predicted octanol–water partition coefficient (Wildman–Crippen LogP) is 2.89. The van der Waals surface area contributed by atoms with Crippen molar-refractivity contribution < 1.29 is 28.6 Å². The number of hydrogen-bond acceptors (Lipinski definition) is 9. The Kier molecular flexibility index (Phi) is 7.38. The van der Waals surface area contributed by atoms with Crippen molar-refractivity contribution in [3.8, 4) is 0 Å². The van der Waals surface area contributed by atoms with Gasteiger partial charge in [-0.2, -0.15) is 0 Å². The molecule has 0 aliphatic heterocycles. The van der Waals surface area contributed by atoms with Gasteiger partial charge in [-0.05, 0) is 31.4 Å². The van der Waals surface area contributed by atoms with Crippen LogP contribution in [-0.2, 0) is 36.8 Å². The second-order valence-electron chi connectivity index (χ2n) is 8.52. The molecule has 4 rings (SSSR count). The van der Waals surface area contributed by atoms with Crippen molar-refractivity contribution in [2.45, 2.75) is 64.9 Å². The quantitative estimate of drug-likeness (QED) is 0.336. The number of benzene rings is 1. The normalized spacial score (nSPS) is 18.8. The molecule has 1 saturated carbocycles. The van der Waals surface area contributed by atoms with Gasteiger partial charge in [0.05, 0.1) is 24.1 Å². The predicted molar refractivity (Wildman–Crippen MR) is 124 cm³/mol. The van der Waals surface area contributed by atoms with E-state index < -0.39 is 36.2 Å². The van der Waals surface area contributed by atoms with E-state index in [1.165, 1.54) is 20.2 Å². The Labute approximate surface area is 202 Å². The molecule has 0 radical (unpaired) electrons. The summed E-state index contributed by atoms with van der Waals surface area (Å²) < 4.78 is 18.8. The zero-order valence-corrected chi connectivity index (χ0v) is 19.9. The largest absolute Gasteiger partial charge is 0.458 e. The summed E-state index contributed by atoms with van der Waals surface area (Å²) in [5, 5.41) is 0. The first-order chi connectivity index (χ1) is 16.9. The van der Waals surface area contributed by atoms with Crippen LogP contribution in [0.1, 0.15) is 49.7 Å². The van der Waals surface area contributed by atoms with Crippen LogP contribution in [-0.4, -0.2) is 55.7 Å². The van der Waals surface area contributed by atoms with E-state index in [0.717, 1.165) is 5.69 Å². The third kappa shape index (κ3) is 5.47. The van der Waals surface area contributed by atoms with Gasteiger partial charge in [-0.15, -0.1) is 0 Å². The first kappa shape index (κ1) is 24.3. The maximum atomic E-state index is 12.6. The second-order valence-corrected chi connectivity index (χ2v) is 8.52. The standard InChI is InChI=1S/C25H28N4O6/c1-4-19-22-24(27-13-26-19)29(14-28-22)12-21(33-15(2)30)23(34-16(3)31)18-10-11-20(18)35-25(32)17-8-6-5-7-9-17/h5-9,13-14,18,20-21,23H,4,10-12H2,1-3H3. The molecule has 1 aromatic carbocycles. The Balaban J connectivity index is 1.59. The second kappa shape index (κ2) is 10.6. The van der Waals surface area contributed by atoms with Crippen molar-refractivity contribution in [1.82, 2.24) is 19.5 Å². The highest BCUT2D eigenvalue weighted by Crippen LogP contribution is 2.37. The highest BCUT2D eigenvalue weighted by Gasteiger charge is 2.46. The van der Waals surface area contributed by atoms with Gasteiger partial charge < -0.3 is 18.8 Å². The Morgan fingerprint density at radius 2 is 1.77 bits per heavy atom. The molecular formula is C25H28N4O6. The van der Waals surface area contributed by atoms with Crippen LogP contribution in [0.15, 0.2) is 43.0 Å². The molecular weight excluding hydrogens is 452 g/mol. The number of nitrogens with zero attached hydrogens (tertiary/aromatic N) is 4. The van der Waals surface area contributed by atoms with Crippen LogP contribution in [0, 0.1) is 5.92 Å². The maximum absolute atomic E-state index is 12.6. The van der Waals surface area contributed by atoms with Gasteiger partial charge in [0, 0.05) is 19.8 Å². The fourth-order valence-corrected chi connectivity index (χ4v) is 4.36. The number of carbonyl (C=O) groups excluding carboxylic acids is 3. The number of hydrogen-bond donors (Lipinski definition) is 0. The molecule has 0 saturated heterocycles. The molecule has 184 valence electrons.